The highest BCUT2D eigenvalue weighted by Crippen LogP contribution is 2.14. The van der Waals surface area contributed by atoms with Crippen LogP contribution in [-0.4, -0.2) is 37.3 Å². The van der Waals surface area contributed by atoms with E-state index in [1.54, 1.807) is 4.90 Å². The van der Waals surface area contributed by atoms with Gasteiger partial charge in [0, 0.05) is 45.1 Å². The third-order valence-corrected chi connectivity index (χ3v) is 3.63. The van der Waals surface area contributed by atoms with Gasteiger partial charge in [-0.25, -0.2) is 0 Å². The fraction of sp³-hybridized carbons (Fsp3) is 0.533. The average molecular weight is 327 g/mol. The molecular formula is C15H23BrN2O. The van der Waals surface area contributed by atoms with Crippen LogP contribution >= 0.6 is 15.9 Å². The first-order valence-electron chi connectivity index (χ1n) is 6.60. The third-order valence-electron chi connectivity index (χ3n) is 3.07. The van der Waals surface area contributed by atoms with Crippen LogP contribution in [0.5, 0.6) is 0 Å². The van der Waals surface area contributed by atoms with Gasteiger partial charge in [0.15, 0.2) is 0 Å². The maximum Gasteiger partial charge on any atom is 0.222 e. The van der Waals surface area contributed by atoms with E-state index >= 15 is 0 Å². The standard InChI is InChI=1S/C15H23BrN2O/c1-17(2)14-9-7-13(8-10-14)12-18(3)15(19)6-4-5-11-16/h7-10H,4-6,11-12H2,1-3H3. The molecule has 0 N–H and O–H groups in total. The lowest BCUT2D eigenvalue weighted by Gasteiger charge is -2.18. The summed E-state index contributed by atoms with van der Waals surface area (Å²) in [5.41, 5.74) is 2.34. The lowest BCUT2D eigenvalue weighted by Crippen LogP contribution is -2.25. The van der Waals surface area contributed by atoms with Crippen LogP contribution < -0.4 is 4.90 Å². The van der Waals surface area contributed by atoms with Gasteiger partial charge < -0.3 is 9.80 Å². The molecule has 0 radical (unpaired) electrons. The summed E-state index contributed by atoms with van der Waals surface area (Å²) >= 11 is 3.38. The van der Waals surface area contributed by atoms with E-state index in [-0.39, 0.29) is 5.91 Å². The quantitative estimate of drug-likeness (QED) is 0.567. The van der Waals surface area contributed by atoms with Crippen molar-refractivity contribution >= 4 is 27.5 Å². The molecule has 1 aromatic rings. The number of alkyl halides is 1. The highest BCUT2D eigenvalue weighted by Gasteiger charge is 2.08. The Balaban J connectivity index is 2.47. The molecule has 0 atom stereocenters. The average Bonchev–Trinajstić information content (AvgIpc) is 2.39. The number of rotatable bonds is 7. The van der Waals surface area contributed by atoms with E-state index < -0.39 is 0 Å². The van der Waals surface area contributed by atoms with Crippen molar-refractivity contribution < 1.29 is 4.79 Å². The van der Waals surface area contributed by atoms with E-state index in [0.717, 1.165) is 18.2 Å². The minimum Gasteiger partial charge on any atom is -0.378 e. The first-order chi connectivity index (χ1) is 9.04. The normalized spacial score (nSPS) is 10.3. The number of carbonyl (C=O) groups excluding carboxylic acids is 1. The van der Waals surface area contributed by atoms with Crippen molar-refractivity contribution in [3.8, 4) is 0 Å². The SMILES string of the molecule is CN(Cc1ccc(N(C)C)cc1)C(=O)CCCCBr. The summed E-state index contributed by atoms with van der Waals surface area (Å²) in [5.74, 6) is 0.220. The van der Waals surface area contributed by atoms with Gasteiger partial charge in [0.2, 0.25) is 5.91 Å². The maximum atomic E-state index is 11.9. The molecular weight excluding hydrogens is 304 g/mol. The number of carbonyl (C=O) groups is 1. The first kappa shape index (κ1) is 16.0. The molecule has 3 nitrogen and oxygen atoms in total. The van der Waals surface area contributed by atoms with Crippen LogP contribution in [0.15, 0.2) is 24.3 Å². The molecule has 0 fully saturated rings. The first-order valence-corrected chi connectivity index (χ1v) is 7.73. The van der Waals surface area contributed by atoms with Gasteiger partial charge >= 0.3 is 0 Å². The van der Waals surface area contributed by atoms with Crippen molar-refractivity contribution in [3.05, 3.63) is 29.8 Å². The second-order valence-electron chi connectivity index (χ2n) is 4.96. The van der Waals surface area contributed by atoms with Crippen molar-refractivity contribution in [1.29, 1.82) is 0 Å². The molecule has 0 aliphatic rings. The molecule has 0 saturated heterocycles. The number of unbranched alkanes of at least 4 members (excludes halogenated alkanes) is 1. The molecule has 106 valence electrons. The molecule has 0 heterocycles. The van der Waals surface area contributed by atoms with Gasteiger partial charge in [-0.3, -0.25) is 4.79 Å². The van der Waals surface area contributed by atoms with Crippen LogP contribution in [0.4, 0.5) is 5.69 Å². The van der Waals surface area contributed by atoms with Crippen LogP contribution in [0.3, 0.4) is 0 Å². The van der Waals surface area contributed by atoms with Crippen molar-refractivity contribution in [1.82, 2.24) is 4.90 Å². The van der Waals surface area contributed by atoms with E-state index in [9.17, 15) is 4.79 Å². The monoisotopic (exact) mass is 326 g/mol. The number of nitrogens with zero attached hydrogens (tertiary/aromatic N) is 2. The van der Waals surface area contributed by atoms with Crippen LogP contribution in [-0.2, 0) is 11.3 Å². The fourth-order valence-electron chi connectivity index (χ4n) is 1.82. The van der Waals surface area contributed by atoms with Gasteiger partial charge in [-0.2, -0.15) is 0 Å². The maximum absolute atomic E-state index is 11.9. The Bertz CT molecular complexity index is 390. The van der Waals surface area contributed by atoms with E-state index in [0.29, 0.717) is 13.0 Å². The van der Waals surface area contributed by atoms with Gasteiger partial charge in [0.25, 0.3) is 0 Å². The smallest absolute Gasteiger partial charge is 0.222 e. The molecule has 0 bridgehead atoms. The zero-order valence-electron chi connectivity index (χ0n) is 12.0. The molecule has 4 heteroatoms. The fourth-order valence-corrected chi connectivity index (χ4v) is 2.22. The van der Waals surface area contributed by atoms with Crippen molar-refractivity contribution in [2.45, 2.75) is 25.8 Å². The Kier molecular flexibility index (Phi) is 6.92. The van der Waals surface area contributed by atoms with E-state index in [4.69, 9.17) is 0 Å². The molecule has 1 rings (SSSR count). The Morgan fingerprint density at radius 2 is 1.74 bits per heavy atom. The molecule has 0 spiro atoms. The van der Waals surface area contributed by atoms with E-state index in [1.165, 1.54) is 11.3 Å². The number of halogens is 1. The molecule has 0 aliphatic carbocycles. The largest absolute Gasteiger partial charge is 0.378 e. The Labute approximate surface area is 124 Å². The summed E-state index contributed by atoms with van der Waals surface area (Å²) < 4.78 is 0. The van der Waals surface area contributed by atoms with Crippen LogP contribution in [0.1, 0.15) is 24.8 Å². The van der Waals surface area contributed by atoms with Crippen molar-refractivity contribution in [3.63, 3.8) is 0 Å². The number of anilines is 1. The number of benzene rings is 1. The minimum absolute atomic E-state index is 0.220. The van der Waals surface area contributed by atoms with Crippen LogP contribution in [0.2, 0.25) is 0 Å². The molecule has 0 saturated carbocycles. The summed E-state index contributed by atoms with van der Waals surface area (Å²) in [6, 6.07) is 8.33. The highest BCUT2D eigenvalue weighted by atomic mass is 79.9. The van der Waals surface area contributed by atoms with Gasteiger partial charge in [-0.15, -0.1) is 0 Å². The van der Waals surface area contributed by atoms with Gasteiger partial charge in [-0.05, 0) is 30.5 Å². The lowest BCUT2D eigenvalue weighted by molar-refractivity contribution is -0.130. The van der Waals surface area contributed by atoms with Gasteiger partial charge in [-0.1, -0.05) is 28.1 Å². The molecule has 1 aromatic carbocycles. The van der Waals surface area contributed by atoms with Crippen molar-refractivity contribution in [2.75, 3.05) is 31.4 Å². The second-order valence-corrected chi connectivity index (χ2v) is 5.75. The summed E-state index contributed by atoms with van der Waals surface area (Å²) in [5, 5.41) is 0.968. The summed E-state index contributed by atoms with van der Waals surface area (Å²) in [7, 11) is 5.92. The van der Waals surface area contributed by atoms with E-state index in [1.807, 2.05) is 21.1 Å². The lowest BCUT2D eigenvalue weighted by atomic mass is 10.1. The predicted molar refractivity (Wildman–Crippen MR) is 84.9 cm³/mol. The Hall–Kier alpha value is -1.03. The molecule has 0 unspecified atom stereocenters. The Morgan fingerprint density at radius 1 is 1.11 bits per heavy atom. The summed E-state index contributed by atoms with van der Waals surface area (Å²) in [4.78, 5) is 15.8. The Morgan fingerprint density at radius 3 is 2.26 bits per heavy atom. The highest BCUT2D eigenvalue weighted by molar-refractivity contribution is 9.09. The minimum atomic E-state index is 0.220. The number of hydrogen-bond donors (Lipinski definition) is 0. The van der Waals surface area contributed by atoms with E-state index in [2.05, 4.69) is 45.1 Å². The zero-order valence-corrected chi connectivity index (χ0v) is 13.6. The van der Waals surface area contributed by atoms with Crippen LogP contribution in [0, 0.1) is 0 Å². The van der Waals surface area contributed by atoms with Crippen LogP contribution in [0.25, 0.3) is 0 Å². The molecule has 0 aromatic heterocycles. The zero-order chi connectivity index (χ0) is 14.3. The van der Waals surface area contributed by atoms with Gasteiger partial charge in [0.1, 0.15) is 0 Å². The molecule has 19 heavy (non-hydrogen) atoms. The third kappa shape index (κ3) is 5.64. The number of amides is 1. The second kappa shape index (κ2) is 8.20. The summed E-state index contributed by atoms with van der Waals surface area (Å²) in [6.45, 7) is 0.681. The summed E-state index contributed by atoms with van der Waals surface area (Å²) in [6.07, 6.45) is 2.64. The topological polar surface area (TPSA) is 23.6 Å². The van der Waals surface area contributed by atoms with Crippen molar-refractivity contribution in [2.24, 2.45) is 0 Å². The van der Waals surface area contributed by atoms with Gasteiger partial charge in [0.05, 0.1) is 0 Å². The molecule has 0 aliphatic heterocycles. The number of hydrogen-bond acceptors (Lipinski definition) is 2. The predicted octanol–water partition coefficient (Wildman–Crippen LogP) is 3.28. The molecule has 1 amide bonds.